The third-order valence-electron chi connectivity index (χ3n) is 5.01. The summed E-state index contributed by atoms with van der Waals surface area (Å²) in [6.45, 7) is 7.74. The summed E-state index contributed by atoms with van der Waals surface area (Å²) in [5, 5.41) is 3.18. The minimum Gasteiger partial charge on any atom is -0.468 e. The van der Waals surface area contributed by atoms with Crippen molar-refractivity contribution in [2.24, 2.45) is 0 Å². The average molecular weight is 465 g/mol. The summed E-state index contributed by atoms with van der Waals surface area (Å²) in [4.78, 5) is 21.8. The molecule has 0 aliphatic heterocycles. The van der Waals surface area contributed by atoms with Gasteiger partial charge < -0.3 is 14.2 Å². The second kappa shape index (κ2) is 9.30. The van der Waals surface area contributed by atoms with E-state index in [-0.39, 0.29) is 5.91 Å². The van der Waals surface area contributed by atoms with Crippen LogP contribution in [0.25, 0.3) is 0 Å². The van der Waals surface area contributed by atoms with Crippen molar-refractivity contribution >= 4 is 29.4 Å². The maximum atomic E-state index is 13.7. The summed E-state index contributed by atoms with van der Waals surface area (Å²) < 4.78 is 10.9. The Hall–Kier alpha value is -2.90. The van der Waals surface area contributed by atoms with Gasteiger partial charge in [0.05, 0.1) is 39.1 Å². The monoisotopic (exact) mass is 464 g/mol. The Morgan fingerprint density at radius 2 is 1.44 bits per heavy atom. The molecule has 0 unspecified atom stereocenters. The second-order valence-electron chi connectivity index (χ2n) is 7.81. The van der Waals surface area contributed by atoms with Gasteiger partial charge in [-0.15, -0.1) is 0 Å². The number of carbonyl (C=O) groups is 1. The Morgan fingerprint density at radius 1 is 0.844 bits per heavy atom. The molecule has 7 heteroatoms. The molecule has 0 saturated heterocycles. The Morgan fingerprint density at radius 3 is 1.91 bits per heavy atom. The molecular weight excluding hydrogens is 440 g/mol. The van der Waals surface area contributed by atoms with Gasteiger partial charge >= 0.3 is 0 Å². The van der Waals surface area contributed by atoms with Crippen molar-refractivity contribution in [2.45, 2.75) is 52.8 Å². The van der Waals surface area contributed by atoms with E-state index in [9.17, 15) is 4.79 Å². The molecule has 5 nitrogen and oxygen atoms in total. The molecule has 0 spiro atoms. The summed E-state index contributed by atoms with van der Waals surface area (Å²) in [5.74, 6) is 1.48. The third kappa shape index (κ3) is 4.79. The molecule has 32 heavy (non-hydrogen) atoms. The van der Waals surface area contributed by atoms with Gasteiger partial charge in [-0.05, 0) is 64.1 Å². The van der Waals surface area contributed by atoms with Gasteiger partial charge in [-0.1, -0.05) is 35.7 Å². The Bertz CT molecular complexity index is 1170. The molecule has 164 valence electrons. The van der Waals surface area contributed by atoms with E-state index < -0.39 is 5.54 Å². The van der Waals surface area contributed by atoms with E-state index in [1.807, 2.05) is 76.2 Å². The van der Waals surface area contributed by atoms with Gasteiger partial charge in [0.2, 0.25) is 0 Å². The smallest absolute Gasteiger partial charge is 0.254 e. The first-order valence-electron chi connectivity index (χ1n) is 10.2. The van der Waals surface area contributed by atoms with E-state index in [1.165, 1.54) is 23.5 Å². The highest BCUT2D eigenvalue weighted by Crippen LogP contribution is 2.40. The Labute approximate surface area is 196 Å². The molecule has 1 N–H and O–H groups in total. The third-order valence-corrected chi connectivity index (χ3v) is 7.42. The van der Waals surface area contributed by atoms with Crippen molar-refractivity contribution in [3.05, 3.63) is 90.0 Å². The SMILES string of the molecule is Cc1occc1Sc1cccc(Sc2ccoc2C)c1C(=O)NC(C)(C)c1ccccn1. The summed E-state index contributed by atoms with van der Waals surface area (Å²) >= 11 is 3.04. The molecule has 3 aromatic heterocycles. The number of furan rings is 2. The molecule has 4 aromatic rings. The van der Waals surface area contributed by atoms with Crippen LogP contribution in [0.15, 0.2) is 95.7 Å². The zero-order chi connectivity index (χ0) is 22.7. The molecule has 0 atom stereocenters. The molecule has 1 aromatic carbocycles. The van der Waals surface area contributed by atoms with E-state index in [0.29, 0.717) is 5.56 Å². The first-order chi connectivity index (χ1) is 15.3. The summed E-state index contributed by atoms with van der Waals surface area (Å²) in [6.07, 6.45) is 5.06. The lowest BCUT2D eigenvalue weighted by molar-refractivity contribution is 0.0904. The molecule has 0 saturated carbocycles. The van der Waals surface area contributed by atoms with Crippen LogP contribution in [0.4, 0.5) is 0 Å². The lowest BCUT2D eigenvalue weighted by Gasteiger charge is -2.27. The van der Waals surface area contributed by atoms with E-state index in [4.69, 9.17) is 8.83 Å². The molecule has 0 aliphatic carbocycles. The van der Waals surface area contributed by atoms with Crippen LogP contribution >= 0.6 is 23.5 Å². The van der Waals surface area contributed by atoms with Gasteiger partial charge in [-0.2, -0.15) is 0 Å². The van der Waals surface area contributed by atoms with Crippen LogP contribution in [0, 0.1) is 13.8 Å². The van der Waals surface area contributed by atoms with Crippen LogP contribution in [0.2, 0.25) is 0 Å². The highest BCUT2D eigenvalue weighted by molar-refractivity contribution is 8.00. The molecule has 4 rings (SSSR count). The molecule has 1 amide bonds. The van der Waals surface area contributed by atoms with E-state index in [0.717, 1.165) is 36.8 Å². The van der Waals surface area contributed by atoms with Gasteiger partial charge in [-0.25, -0.2) is 0 Å². The van der Waals surface area contributed by atoms with Crippen LogP contribution in [0.3, 0.4) is 0 Å². The van der Waals surface area contributed by atoms with Crippen LogP contribution in [0.1, 0.15) is 41.4 Å². The Balaban J connectivity index is 1.73. The maximum absolute atomic E-state index is 13.7. The topological polar surface area (TPSA) is 68.3 Å². The maximum Gasteiger partial charge on any atom is 0.254 e. The quantitative estimate of drug-likeness (QED) is 0.322. The fourth-order valence-corrected chi connectivity index (χ4v) is 5.32. The van der Waals surface area contributed by atoms with E-state index >= 15 is 0 Å². The van der Waals surface area contributed by atoms with Crippen molar-refractivity contribution in [1.82, 2.24) is 10.3 Å². The number of aryl methyl sites for hydroxylation is 2. The average Bonchev–Trinajstić information content (AvgIpc) is 3.36. The highest BCUT2D eigenvalue weighted by atomic mass is 32.2. The van der Waals surface area contributed by atoms with Crippen molar-refractivity contribution in [2.75, 3.05) is 0 Å². The predicted molar refractivity (Wildman–Crippen MR) is 126 cm³/mol. The van der Waals surface area contributed by atoms with Crippen molar-refractivity contribution < 1.29 is 13.6 Å². The first-order valence-corrected chi connectivity index (χ1v) is 11.8. The second-order valence-corrected chi connectivity index (χ2v) is 9.98. The predicted octanol–water partition coefficient (Wildman–Crippen LogP) is 6.85. The standard InChI is InChI=1S/C25H24N2O3S2/c1-16-18(11-14-29-16)31-20-8-7-9-21(32-19-12-15-30-17(19)2)23(20)24(28)27-25(3,4)22-10-5-6-13-26-22/h5-15H,1-4H3,(H,27,28). The number of carbonyl (C=O) groups excluding carboxylic acids is 1. The molecule has 0 bridgehead atoms. The molecule has 3 heterocycles. The number of benzene rings is 1. The number of aromatic nitrogens is 1. The van der Waals surface area contributed by atoms with Crippen LogP contribution < -0.4 is 5.32 Å². The lowest BCUT2D eigenvalue weighted by atomic mass is 9.99. The molecule has 0 radical (unpaired) electrons. The summed E-state index contributed by atoms with van der Waals surface area (Å²) in [6, 6.07) is 15.4. The van der Waals surface area contributed by atoms with E-state index in [2.05, 4.69) is 10.3 Å². The van der Waals surface area contributed by atoms with Crippen LogP contribution in [-0.4, -0.2) is 10.9 Å². The largest absolute Gasteiger partial charge is 0.468 e. The first kappa shape index (κ1) is 22.3. The number of nitrogens with one attached hydrogen (secondary N) is 1. The van der Waals surface area contributed by atoms with E-state index in [1.54, 1.807) is 18.7 Å². The molecule has 0 fully saturated rings. The molecule has 0 aliphatic rings. The van der Waals surface area contributed by atoms with Crippen molar-refractivity contribution in [3.8, 4) is 0 Å². The van der Waals surface area contributed by atoms with Gasteiger partial charge in [0.25, 0.3) is 5.91 Å². The number of pyridine rings is 1. The highest BCUT2D eigenvalue weighted by Gasteiger charge is 2.28. The number of amides is 1. The molecular formula is C25H24N2O3S2. The number of rotatable bonds is 7. The zero-order valence-electron chi connectivity index (χ0n) is 18.3. The Kier molecular flexibility index (Phi) is 6.48. The normalized spacial score (nSPS) is 11.5. The van der Waals surface area contributed by atoms with Gasteiger partial charge in [0, 0.05) is 16.0 Å². The van der Waals surface area contributed by atoms with Crippen molar-refractivity contribution in [3.63, 3.8) is 0 Å². The number of hydrogen-bond acceptors (Lipinski definition) is 6. The minimum atomic E-state index is -0.644. The number of nitrogens with zero attached hydrogens (tertiary/aromatic N) is 1. The lowest BCUT2D eigenvalue weighted by Crippen LogP contribution is -2.42. The zero-order valence-corrected chi connectivity index (χ0v) is 20.0. The summed E-state index contributed by atoms with van der Waals surface area (Å²) in [7, 11) is 0. The summed E-state index contributed by atoms with van der Waals surface area (Å²) in [5.41, 5.74) is 0.770. The number of hydrogen-bond donors (Lipinski definition) is 1. The van der Waals surface area contributed by atoms with Gasteiger partial charge in [0.1, 0.15) is 11.5 Å². The fraction of sp³-hybridized carbons (Fsp3) is 0.200. The van der Waals surface area contributed by atoms with Crippen LogP contribution in [0.5, 0.6) is 0 Å². The van der Waals surface area contributed by atoms with Crippen LogP contribution in [-0.2, 0) is 5.54 Å². The van der Waals surface area contributed by atoms with Crippen molar-refractivity contribution in [1.29, 1.82) is 0 Å². The minimum absolute atomic E-state index is 0.159. The van der Waals surface area contributed by atoms with Gasteiger partial charge in [0.15, 0.2) is 0 Å². The van der Waals surface area contributed by atoms with Gasteiger partial charge in [-0.3, -0.25) is 9.78 Å². The fourth-order valence-electron chi connectivity index (χ4n) is 3.24.